The fraction of sp³-hybridized carbons (Fsp3) is 0.632. The standard InChI is InChI=1S/C57H82N4O8P2S/c1-8-66-70(64,67-9-2)53(71(65,68-10-3)69-11-4)39-46-40-61(60-59-46)47-31-33-55(6)45(37-47)38-51(62)54-49-29-28-48(56(49,7)34-32-50(54)55)41(5)27-30-52(63)58-35-36-72-57(42-21-15-12-16-22-42,43-23-17-13-18-24-43)44-25-19-14-20-26-44/h12-26,40-41,45,47-51,53-54,62H,8-11,27-39H2,1-7H3,(H,58,63)/t41-,45?,47-,48-,49+,50+,51-,54+,55+,56-/m1/s1. The Bertz CT molecular complexity index is 2320. The van der Waals surface area contributed by atoms with Crippen molar-refractivity contribution in [3.8, 4) is 0 Å². The van der Waals surface area contributed by atoms with Crippen molar-refractivity contribution >= 4 is 32.9 Å². The lowest BCUT2D eigenvalue weighted by Crippen LogP contribution is -2.58. The molecule has 1 aromatic heterocycles. The molecule has 72 heavy (non-hydrogen) atoms. The van der Waals surface area contributed by atoms with E-state index in [0.29, 0.717) is 48.2 Å². The summed E-state index contributed by atoms with van der Waals surface area (Å²) in [6.45, 7) is 15.3. The highest BCUT2D eigenvalue weighted by Crippen LogP contribution is 2.72. The van der Waals surface area contributed by atoms with Crippen molar-refractivity contribution in [2.24, 2.45) is 46.3 Å². The van der Waals surface area contributed by atoms with E-state index in [-0.39, 0.29) is 67.6 Å². The van der Waals surface area contributed by atoms with Gasteiger partial charge in [0.05, 0.1) is 49.0 Å². The van der Waals surface area contributed by atoms with Gasteiger partial charge < -0.3 is 28.5 Å². The molecule has 0 saturated heterocycles. The summed E-state index contributed by atoms with van der Waals surface area (Å²) in [6, 6.07) is 32.2. The average Bonchev–Trinajstić information content (AvgIpc) is 4.00. The first-order valence-corrected chi connectivity index (χ1v) is 31.3. The zero-order chi connectivity index (χ0) is 51.2. The third-order valence-electron chi connectivity index (χ3n) is 17.8. The van der Waals surface area contributed by atoms with Crippen LogP contribution in [0, 0.1) is 46.3 Å². The molecule has 10 atom stereocenters. The number of nitrogens with zero attached hydrogens (tertiary/aromatic N) is 3. The van der Waals surface area contributed by atoms with Crippen LogP contribution in [0.15, 0.2) is 97.2 Å². The maximum atomic E-state index is 14.2. The SMILES string of the molecule is CCOP(=O)(OCC)C(Cc1cn([C@@H]2CC[C@@]3(C)C(C2)C[C@@H](O)[C@H]2[C@@H]4CC[C@H]([C@H](C)CCC(=O)NCCSC(c5ccccc5)(c5ccccc5)c5ccccc5)[C@@]4(C)CC[C@@H]23)nn1)P(=O)(OCC)OCC. The van der Waals surface area contributed by atoms with Gasteiger partial charge in [0.2, 0.25) is 5.91 Å². The van der Waals surface area contributed by atoms with E-state index in [1.165, 1.54) is 16.7 Å². The summed E-state index contributed by atoms with van der Waals surface area (Å²) >= 11 is 1.88. The number of aromatic nitrogens is 3. The smallest absolute Gasteiger partial charge is 0.346 e. The number of hydrogen-bond acceptors (Lipinski definition) is 11. The molecule has 1 heterocycles. The molecule has 4 aromatic rings. The molecule has 12 nitrogen and oxygen atoms in total. The summed E-state index contributed by atoms with van der Waals surface area (Å²) in [6.07, 6.45) is 11.2. The molecule has 15 heteroatoms. The van der Waals surface area contributed by atoms with Gasteiger partial charge in [0, 0.05) is 31.3 Å². The molecule has 2 N–H and O–H groups in total. The van der Waals surface area contributed by atoms with Crippen molar-refractivity contribution < 1.29 is 37.1 Å². The van der Waals surface area contributed by atoms with Crippen molar-refractivity contribution in [2.75, 3.05) is 38.7 Å². The van der Waals surface area contributed by atoms with Gasteiger partial charge in [-0.25, -0.2) is 4.68 Å². The van der Waals surface area contributed by atoms with Crippen LogP contribution in [-0.2, 0) is 43.2 Å². The summed E-state index contributed by atoms with van der Waals surface area (Å²) in [5.41, 5.74) is 4.45. The molecule has 1 unspecified atom stereocenters. The first-order chi connectivity index (χ1) is 34.7. The largest absolute Gasteiger partial charge is 0.393 e. The number of thioether (sulfide) groups is 1. The minimum absolute atomic E-state index is 0.00165. The molecule has 1 amide bonds. The highest BCUT2D eigenvalue weighted by Gasteiger charge is 2.63. The second-order valence-electron chi connectivity index (χ2n) is 21.6. The van der Waals surface area contributed by atoms with Crippen molar-refractivity contribution in [3.63, 3.8) is 0 Å². The van der Waals surface area contributed by atoms with Gasteiger partial charge in [-0.2, -0.15) is 0 Å². The quantitative estimate of drug-likeness (QED) is 0.0392. The molecule has 4 aliphatic carbocycles. The highest BCUT2D eigenvalue weighted by atomic mass is 32.2. The summed E-state index contributed by atoms with van der Waals surface area (Å²) in [5.74, 6) is 3.37. The Kier molecular flexibility index (Phi) is 18.2. The summed E-state index contributed by atoms with van der Waals surface area (Å²) in [4.78, 5) is 13.6. The summed E-state index contributed by atoms with van der Waals surface area (Å²) < 4.78 is 52.9. The van der Waals surface area contributed by atoms with Crippen LogP contribution < -0.4 is 5.32 Å². The zero-order valence-corrected chi connectivity index (χ0v) is 46.5. The van der Waals surface area contributed by atoms with Gasteiger partial charge in [-0.1, -0.05) is 117 Å². The third-order valence-corrected chi connectivity index (χ3v) is 25.4. The molecule has 0 bridgehead atoms. The molecule has 4 saturated carbocycles. The monoisotopic (exact) mass is 1040 g/mol. The van der Waals surface area contributed by atoms with Gasteiger partial charge in [0.25, 0.3) is 0 Å². The normalized spacial score (nSPS) is 28.0. The number of carbonyl (C=O) groups excluding carboxylic acids is 1. The van der Waals surface area contributed by atoms with Crippen LogP contribution in [-0.4, -0.2) is 76.2 Å². The van der Waals surface area contributed by atoms with E-state index in [1.54, 1.807) is 27.7 Å². The molecular formula is C57H82N4O8P2S. The number of hydrogen-bond donors (Lipinski definition) is 2. The summed E-state index contributed by atoms with van der Waals surface area (Å²) in [5, 5.41) is 23.5. The molecule has 0 spiro atoms. The van der Waals surface area contributed by atoms with Gasteiger partial charge >= 0.3 is 15.2 Å². The highest BCUT2D eigenvalue weighted by molar-refractivity contribution is 8.00. The summed E-state index contributed by atoms with van der Waals surface area (Å²) in [7, 11) is -7.89. The molecular weight excluding hydrogens is 963 g/mol. The molecule has 4 fully saturated rings. The van der Waals surface area contributed by atoms with E-state index in [0.717, 1.165) is 63.5 Å². The van der Waals surface area contributed by atoms with Gasteiger partial charge in [-0.3, -0.25) is 13.9 Å². The first-order valence-electron chi connectivity index (χ1n) is 27.1. The van der Waals surface area contributed by atoms with E-state index in [1.807, 2.05) is 22.6 Å². The van der Waals surface area contributed by atoms with Crippen LogP contribution in [0.4, 0.5) is 0 Å². The number of fused-ring (bicyclic) bond motifs is 5. The Balaban J connectivity index is 0.870. The number of aliphatic hydroxyl groups excluding tert-OH is 1. The van der Waals surface area contributed by atoms with Gasteiger partial charge in [-0.05, 0) is 149 Å². The number of rotatable bonds is 24. The maximum absolute atomic E-state index is 14.2. The van der Waals surface area contributed by atoms with E-state index in [9.17, 15) is 19.0 Å². The predicted octanol–water partition coefficient (Wildman–Crippen LogP) is 13.1. The van der Waals surface area contributed by atoms with Gasteiger partial charge in [0.15, 0.2) is 5.40 Å². The number of benzene rings is 3. The fourth-order valence-corrected chi connectivity index (χ4v) is 21.2. The topological polar surface area (TPSA) is 151 Å². The molecule has 4 aliphatic rings. The van der Waals surface area contributed by atoms with Crippen LogP contribution in [0.25, 0.3) is 0 Å². The minimum atomic E-state index is -3.95. The number of nitrogens with one attached hydrogen (secondary N) is 1. The number of aliphatic hydroxyl groups is 1. The lowest BCUT2D eigenvalue weighted by Gasteiger charge is -2.62. The van der Waals surface area contributed by atoms with E-state index in [4.69, 9.17) is 18.1 Å². The van der Waals surface area contributed by atoms with Gasteiger partial charge in [-0.15, -0.1) is 16.9 Å². The Hall–Kier alpha value is -3.12. The van der Waals surface area contributed by atoms with E-state index in [2.05, 4.69) is 127 Å². The van der Waals surface area contributed by atoms with Crippen molar-refractivity contribution in [1.82, 2.24) is 20.3 Å². The van der Waals surface area contributed by atoms with E-state index < -0.39 is 25.3 Å². The lowest BCUT2D eigenvalue weighted by atomic mass is 9.43. The number of amides is 1. The van der Waals surface area contributed by atoms with Crippen molar-refractivity contribution in [1.29, 1.82) is 0 Å². The lowest BCUT2D eigenvalue weighted by molar-refractivity contribution is -0.169. The van der Waals surface area contributed by atoms with Crippen LogP contribution >= 0.6 is 27.0 Å². The Labute approximate surface area is 434 Å². The van der Waals surface area contributed by atoms with Gasteiger partial charge in [0.1, 0.15) is 0 Å². The van der Waals surface area contributed by atoms with Crippen LogP contribution in [0.2, 0.25) is 0 Å². The minimum Gasteiger partial charge on any atom is -0.393 e. The second kappa shape index (κ2) is 23.8. The predicted molar refractivity (Wildman–Crippen MR) is 288 cm³/mol. The Morgan fingerprint density at radius 2 is 1.31 bits per heavy atom. The first kappa shape index (κ1) is 55.1. The zero-order valence-electron chi connectivity index (χ0n) is 43.9. The Morgan fingerprint density at radius 1 is 0.778 bits per heavy atom. The van der Waals surface area contributed by atoms with Crippen LogP contribution in [0.3, 0.4) is 0 Å². The number of carbonyl (C=O) groups is 1. The molecule has 0 radical (unpaired) electrons. The average molecular weight is 1050 g/mol. The Morgan fingerprint density at radius 3 is 1.85 bits per heavy atom. The maximum Gasteiger partial charge on any atom is 0.346 e. The van der Waals surface area contributed by atoms with Crippen molar-refractivity contribution in [3.05, 3.63) is 120 Å². The molecule has 8 rings (SSSR count). The van der Waals surface area contributed by atoms with Crippen LogP contribution in [0.5, 0.6) is 0 Å². The molecule has 394 valence electrons. The third kappa shape index (κ3) is 11.1. The van der Waals surface area contributed by atoms with Crippen LogP contribution in [0.1, 0.15) is 141 Å². The van der Waals surface area contributed by atoms with Crippen molar-refractivity contribution in [2.45, 2.75) is 141 Å². The fourth-order valence-electron chi connectivity index (χ4n) is 14.5. The molecule has 0 aliphatic heterocycles. The molecule has 3 aromatic carbocycles. The van der Waals surface area contributed by atoms with E-state index >= 15 is 0 Å². The second-order valence-corrected chi connectivity index (χ2v) is 27.7.